The van der Waals surface area contributed by atoms with Gasteiger partial charge >= 0.3 is 0 Å². The summed E-state index contributed by atoms with van der Waals surface area (Å²) in [6.45, 7) is 1.92. The van der Waals surface area contributed by atoms with Crippen LogP contribution >= 0.6 is 23.8 Å². The van der Waals surface area contributed by atoms with Crippen molar-refractivity contribution in [3.05, 3.63) is 53.1 Å². The number of benzene rings is 2. The summed E-state index contributed by atoms with van der Waals surface area (Å²) >= 11 is 11.8. The van der Waals surface area contributed by atoms with Gasteiger partial charge in [0.15, 0.2) is 5.11 Å². The fourth-order valence-corrected chi connectivity index (χ4v) is 3.64. The highest BCUT2D eigenvalue weighted by Crippen LogP contribution is 2.35. The van der Waals surface area contributed by atoms with E-state index in [0.29, 0.717) is 16.3 Å². The fourth-order valence-electron chi connectivity index (χ4n) is 3.15. The van der Waals surface area contributed by atoms with Crippen molar-refractivity contribution in [2.75, 3.05) is 30.4 Å². The summed E-state index contributed by atoms with van der Waals surface area (Å²) in [5, 5.41) is 6.73. The van der Waals surface area contributed by atoms with E-state index in [9.17, 15) is 4.79 Å². The Morgan fingerprint density at radius 2 is 1.89 bits per heavy atom. The molecule has 5 nitrogen and oxygen atoms in total. The maximum Gasteiger partial charge on any atom is 0.257 e. The number of carbonyl (C=O) groups excluding carboxylic acids is 1. The number of para-hydroxylation sites is 1. The molecule has 3 rings (SSSR count). The van der Waals surface area contributed by atoms with Gasteiger partial charge in [-0.2, -0.15) is 0 Å². The highest BCUT2D eigenvalue weighted by Gasteiger charge is 2.18. The van der Waals surface area contributed by atoms with Crippen molar-refractivity contribution in [2.24, 2.45) is 0 Å². The Balaban J connectivity index is 1.72. The zero-order valence-electron chi connectivity index (χ0n) is 15.1. The summed E-state index contributed by atoms with van der Waals surface area (Å²) in [4.78, 5) is 14.7. The predicted octanol–water partition coefficient (Wildman–Crippen LogP) is 4.47. The summed E-state index contributed by atoms with van der Waals surface area (Å²) in [7, 11) is 1.56. The van der Waals surface area contributed by atoms with Crippen molar-refractivity contribution in [3.63, 3.8) is 0 Å². The topological polar surface area (TPSA) is 53.6 Å². The zero-order chi connectivity index (χ0) is 19.2. The molecule has 1 fully saturated rings. The van der Waals surface area contributed by atoms with E-state index < -0.39 is 0 Å². The minimum absolute atomic E-state index is 0.225. The maximum atomic E-state index is 12.4. The molecule has 1 aliphatic rings. The van der Waals surface area contributed by atoms with E-state index in [4.69, 9.17) is 28.6 Å². The van der Waals surface area contributed by atoms with E-state index in [1.807, 2.05) is 18.2 Å². The maximum absolute atomic E-state index is 12.4. The molecule has 27 heavy (non-hydrogen) atoms. The van der Waals surface area contributed by atoms with Gasteiger partial charge < -0.3 is 15.0 Å². The zero-order valence-corrected chi connectivity index (χ0v) is 16.7. The van der Waals surface area contributed by atoms with Gasteiger partial charge in [0.1, 0.15) is 5.75 Å². The van der Waals surface area contributed by atoms with Crippen LogP contribution in [0.15, 0.2) is 42.5 Å². The Hall–Kier alpha value is -2.31. The van der Waals surface area contributed by atoms with Gasteiger partial charge in [-0.05, 0) is 61.8 Å². The molecule has 0 radical (unpaired) electrons. The highest BCUT2D eigenvalue weighted by molar-refractivity contribution is 7.80. The average molecular weight is 404 g/mol. The van der Waals surface area contributed by atoms with Crippen molar-refractivity contribution < 1.29 is 9.53 Å². The van der Waals surface area contributed by atoms with Crippen LogP contribution < -0.4 is 20.3 Å². The van der Waals surface area contributed by atoms with Crippen LogP contribution in [-0.4, -0.2) is 31.2 Å². The van der Waals surface area contributed by atoms with Gasteiger partial charge in [0.2, 0.25) is 0 Å². The SMILES string of the molecule is COc1cccc(C(=O)NC(=S)Nc2cccc(Cl)c2N2CCCCC2)c1. The Kier molecular flexibility index (Phi) is 6.53. The number of carbonyl (C=O) groups is 1. The van der Waals surface area contributed by atoms with E-state index in [2.05, 4.69) is 15.5 Å². The van der Waals surface area contributed by atoms with Gasteiger partial charge in [0, 0.05) is 18.7 Å². The third-order valence-corrected chi connectivity index (χ3v) is 4.98. The number of piperidine rings is 1. The van der Waals surface area contributed by atoms with E-state index in [1.54, 1.807) is 31.4 Å². The Labute approximate surface area is 169 Å². The van der Waals surface area contributed by atoms with Gasteiger partial charge in [-0.25, -0.2) is 0 Å². The second kappa shape index (κ2) is 9.06. The molecule has 142 valence electrons. The van der Waals surface area contributed by atoms with Crippen LogP contribution in [0.3, 0.4) is 0 Å². The van der Waals surface area contributed by atoms with E-state index in [0.717, 1.165) is 37.3 Å². The van der Waals surface area contributed by atoms with Crippen LogP contribution in [0.2, 0.25) is 5.02 Å². The lowest BCUT2D eigenvalue weighted by atomic mass is 10.1. The molecular formula is C20H22ClN3O2S. The summed E-state index contributed by atoms with van der Waals surface area (Å²) < 4.78 is 5.15. The molecule has 1 saturated heterocycles. The number of anilines is 2. The lowest BCUT2D eigenvalue weighted by Gasteiger charge is -2.31. The minimum atomic E-state index is -0.298. The summed E-state index contributed by atoms with van der Waals surface area (Å²) in [6.07, 6.45) is 3.52. The molecule has 1 heterocycles. The second-order valence-corrected chi connectivity index (χ2v) is 7.14. The van der Waals surface area contributed by atoms with Crippen LogP contribution in [0.25, 0.3) is 0 Å². The number of ether oxygens (including phenoxy) is 1. The summed E-state index contributed by atoms with van der Waals surface area (Å²) in [5.41, 5.74) is 2.19. The van der Waals surface area contributed by atoms with Crippen LogP contribution in [0.5, 0.6) is 5.75 Å². The first-order chi connectivity index (χ1) is 13.1. The third-order valence-electron chi connectivity index (χ3n) is 4.47. The number of hydrogen-bond acceptors (Lipinski definition) is 4. The number of thiocarbonyl (C=S) groups is 1. The molecule has 0 aliphatic carbocycles. The number of nitrogens with zero attached hydrogens (tertiary/aromatic N) is 1. The molecule has 0 unspecified atom stereocenters. The molecule has 2 N–H and O–H groups in total. The van der Waals surface area contributed by atoms with Crippen molar-refractivity contribution in [1.82, 2.24) is 5.32 Å². The normalized spacial score (nSPS) is 13.8. The second-order valence-electron chi connectivity index (χ2n) is 6.32. The van der Waals surface area contributed by atoms with Gasteiger partial charge in [0.05, 0.1) is 23.5 Å². The number of hydrogen-bond donors (Lipinski definition) is 2. The molecule has 2 aromatic rings. The number of methoxy groups -OCH3 is 1. The first-order valence-corrected chi connectivity index (χ1v) is 9.67. The van der Waals surface area contributed by atoms with E-state index >= 15 is 0 Å². The van der Waals surface area contributed by atoms with Gasteiger partial charge in [-0.3, -0.25) is 10.1 Å². The van der Waals surface area contributed by atoms with Gasteiger partial charge in [-0.15, -0.1) is 0 Å². The molecule has 0 bridgehead atoms. The lowest BCUT2D eigenvalue weighted by Crippen LogP contribution is -2.35. The quantitative estimate of drug-likeness (QED) is 0.738. The van der Waals surface area contributed by atoms with Crippen molar-refractivity contribution in [2.45, 2.75) is 19.3 Å². The molecule has 1 amide bonds. The molecular weight excluding hydrogens is 382 g/mol. The Morgan fingerprint density at radius 1 is 1.15 bits per heavy atom. The monoisotopic (exact) mass is 403 g/mol. The van der Waals surface area contributed by atoms with Crippen molar-refractivity contribution >= 4 is 46.2 Å². The first-order valence-electron chi connectivity index (χ1n) is 8.88. The Bertz CT molecular complexity index is 838. The average Bonchev–Trinajstić information content (AvgIpc) is 2.68. The van der Waals surface area contributed by atoms with Gasteiger partial charge in [-0.1, -0.05) is 23.7 Å². The first kappa shape index (κ1) is 19.5. The lowest BCUT2D eigenvalue weighted by molar-refractivity contribution is 0.0977. The fraction of sp³-hybridized carbons (Fsp3) is 0.300. The van der Waals surface area contributed by atoms with Crippen LogP contribution in [0.1, 0.15) is 29.6 Å². The standard InChI is InChI=1S/C20H22ClN3O2S/c1-26-15-8-5-7-14(13-15)19(25)23-20(27)22-17-10-6-9-16(21)18(17)24-11-3-2-4-12-24/h5-10,13H,2-4,11-12H2,1H3,(H2,22,23,25,27). The molecule has 2 aromatic carbocycles. The van der Waals surface area contributed by atoms with Crippen molar-refractivity contribution in [3.8, 4) is 5.75 Å². The number of halogens is 1. The van der Waals surface area contributed by atoms with Crippen LogP contribution in [0, 0.1) is 0 Å². The third kappa shape index (κ3) is 4.90. The number of rotatable bonds is 4. The van der Waals surface area contributed by atoms with Crippen molar-refractivity contribution in [1.29, 1.82) is 0 Å². The highest BCUT2D eigenvalue weighted by atomic mass is 35.5. The summed E-state index contributed by atoms with van der Waals surface area (Å²) in [5.74, 6) is 0.316. The number of amides is 1. The summed E-state index contributed by atoms with van der Waals surface area (Å²) in [6, 6.07) is 12.6. The smallest absolute Gasteiger partial charge is 0.257 e. The molecule has 0 saturated carbocycles. The van der Waals surface area contributed by atoms with Crippen LogP contribution in [-0.2, 0) is 0 Å². The minimum Gasteiger partial charge on any atom is -0.497 e. The largest absolute Gasteiger partial charge is 0.497 e. The van der Waals surface area contributed by atoms with E-state index in [-0.39, 0.29) is 11.0 Å². The molecule has 1 aliphatic heterocycles. The van der Waals surface area contributed by atoms with Gasteiger partial charge in [0.25, 0.3) is 5.91 Å². The predicted molar refractivity (Wildman–Crippen MR) is 114 cm³/mol. The molecule has 0 atom stereocenters. The molecule has 0 spiro atoms. The molecule has 7 heteroatoms. The van der Waals surface area contributed by atoms with E-state index in [1.165, 1.54) is 6.42 Å². The number of nitrogens with one attached hydrogen (secondary N) is 2. The molecule has 0 aromatic heterocycles. The van der Waals surface area contributed by atoms with Crippen LogP contribution in [0.4, 0.5) is 11.4 Å². The Morgan fingerprint density at radius 3 is 2.63 bits per heavy atom.